The van der Waals surface area contributed by atoms with Crippen LogP contribution in [-0.4, -0.2) is 30.5 Å². The van der Waals surface area contributed by atoms with E-state index in [4.69, 9.17) is 10.5 Å². The van der Waals surface area contributed by atoms with Crippen molar-refractivity contribution in [2.45, 2.75) is 13.0 Å². The summed E-state index contributed by atoms with van der Waals surface area (Å²) in [6, 6.07) is 3.93. The molecule has 18 heavy (non-hydrogen) atoms. The van der Waals surface area contributed by atoms with Gasteiger partial charge in [0, 0.05) is 6.07 Å². The fourth-order valence-electron chi connectivity index (χ4n) is 1.44. The average Bonchev–Trinajstić information content (AvgIpc) is 2.30. The summed E-state index contributed by atoms with van der Waals surface area (Å²) < 4.78 is 5.34. The first-order chi connectivity index (χ1) is 8.47. The number of primary amides is 1. The van der Waals surface area contributed by atoms with Crippen LogP contribution in [0, 0.1) is 17.0 Å². The molecular formula is C11H15N3O4. The maximum Gasteiger partial charge on any atom is 0.311 e. The Kier molecular flexibility index (Phi) is 4.61. The molecule has 1 atom stereocenters. The zero-order valence-electron chi connectivity index (χ0n) is 10.2. The molecule has 7 heteroatoms. The number of carbonyl (C=O) groups excluding carboxylic acids is 1. The van der Waals surface area contributed by atoms with Crippen LogP contribution >= 0.6 is 0 Å². The Labute approximate surface area is 104 Å². The number of carbonyl (C=O) groups is 1. The maximum atomic E-state index is 11.0. The van der Waals surface area contributed by atoms with Gasteiger partial charge < -0.3 is 15.8 Å². The van der Waals surface area contributed by atoms with Gasteiger partial charge in [0.2, 0.25) is 5.91 Å². The molecule has 0 aliphatic heterocycles. The number of amides is 1. The molecule has 3 N–H and O–H groups in total. The van der Waals surface area contributed by atoms with Crippen LogP contribution in [-0.2, 0) is 4.79 Å². The standard InChI is InChI=1S/C11H15N3O4/c1-7-4-3-5-9(14(16)17)10(7)18-6-8(13-2)11(12)15/h3-5,8,13H,6H2,1-2H3,(H2,12,15). The number of rotatable bonds is 6. The number of para-hydroxylation sites is 1. The van der Waals surface area contributed by atoms with Gasteiger partial charge >= 0.3 is 5.69 Å². The topological polar surface area (TPSA) is 107 Å². The number of ether oxygens (including phenoxy) is 1. The van der Waals surface area contributed by atoms with E-state index in [1.807, 2.05) is 0 Å². The highest BCUT2D eigenvalue weighted by molar-refractivity contribution is 5.80. The smallest absolute Gasteiger partial charge is 0.311 e. The Morgan fingerprint density at radius 3 is 2.78 bits per heavy atom. The lowest BCUT2D eigenvalue weighted by atomic mass is 10.2. The first-order valence-corrected chi connectivity index (χ1v) is 5.30. The summed E-state index contributed by atoms with van der Waals surface area (Å²) >= 11 is 0. The van der Waals surface area contributed by atoms with Crippen LogP contribution in [0.1, 0.15) is 5.56 Å². The largest absolute Gasteiger partial charge is 0.484 e. The second-order valence-electron chi connectivity index (χ2n) is 3.73. The number of hydrogen-bond donors (Lipinski definition) is 2. The number of nitrogens with one attached hydrogen (secondary N) is 1. The van der Waals surface area contributed by atoms with E-state index in [0.717, 1.165) is 0 Å². The van der Waals surface area contributed by atoms with Gasteiger partial charge in [0.1, 0.15) is 12.6 Å². The minimum Gasteiger partial charge on any atom is -0.484 e. The maximum absolute atomic E-state index is 11.0. The predicted octanol–water partition coefficient (Wildman–Crippen LogP) is 0.355. The van der Waals surface area contributed by atoms with E-state index >= 15 is 0 Å². The molecule has 0 aliphatic rings. The van der Waals surface area contributed by atoms with E-state index in [2.05, 4.69) is 5.32 Å². The minimum atomic E-state index is -0.691. The molecule has 0 radical (unpaired) electrons. The molecule has 0 aliphatic carbocycles. The highest BCUT2D eigenvalue weighted by Crippen LogP contribution is 2.30. The number of aryl methyl sites for hydroxylation is 1. The summed E-state index contributed by atoms with van der Waals surface area (Å²) in [6.07, 6.45) is 0. The fraction of sp³-hybridized carbons (Fsp3) is 0.364. The van der Waals surface area contributed by atoms with E-state index in [1.54, 1.807) is 26.1 Å². The van der Waals surface area contributed by atoms with Crippen molar-refractivity contribution in [2.75, 3.05) is 13.7 Å². The van der Waals surface area contributed by atoms with Crippen LogP contribution in [0.3, 0.4) is 0 Å². The molecule has 1 rings (SSSR count). The first kappa shape index (κ1) is 13.9. The van der Waals surface area contributed by atoms with Gasteiger partial charge in [-0.25, -0.2) is 0 Å². The van der Waals surface area contributed by atoms with Gasteiger partial charge in [0.05, 0.1) is 4.92 Å². The summed E-state index contributed by atoms with van der Waals surface area (Å²) in [5.41, 5.74) is 5.63. The average molecular weight is 253 g/mol. The highest BCUT2D eigenvalue weighted by Gasteiger charge is 2.20. The van der Waals surface area contributed by atoms with Crippen molar-refractivity contribution < 1.29 is 14.5 Å². The van der Waals surface area contributed by atoms with Crippen molar-refractivity contribution in [2.24, 2.45) is 5.73 Å². The Morgan fingerprint density at radius 1 is 1.61 bits per heavy atom. The minimum absolute atomic E-state index is 0.0580. The molecule has 0 fully saturated rings. The van der Waals surface area contributed by atoms with Crippen molar-refractivity contribution in [3.05, 3.63) is 33.9 Å². The van der Waals surface area contributed by atoms with Gasteiger partial charge in [0.15, 0.2) is 5.75 Å². The molecule has 1 amide bonds. The van der Waals surface area contributed by atoms with Crippen molar-refractivity contribution in [3.8, 4) is 5.75 Å². The molecular weight excluding hydrogens is 238 g/mol. The lowest BCUT2D eigenvalue weighted by molar-refractivity contribution is -0.385. The monoisotopic (exact) mass is 253 g/mol. The van der Waals surface area contributed by atoms with E-state index in [1.165, 1.54) is 6.07 Å². The second-order valence-corrected chi connectivity index (χ2v) is 3.73. The van der Waals surface area contributed by atoms with Crippen LogP contribution in [0.15, 0.2) is 18.2 Å². The lowest BCUT2D eigenvalue weighted by Gasteiger charge is -2.14. The third kappa shape index (κ3) is 3.17. The molecule has 0 bridgehead atoms. The van der Waals surface area contributed by atoms with E-state index in [9.17, 15) is 14.9 Å². The Hall–Kier alpha value is -2.15. The molecule has 98 valence electrons. The van der Waals surface area contributed by atoms with Gasteiger partial charge in [-0.2, -0.15) is 0 Å². The number of nitro benzene ring substituents is 1. The number of benzene rings is 1. The molecule has 7 nitrogen and oxygen atoms in total. The molecule has 1 aromatic rings. The Bertz CT molecular complexity index is 462. The van der Waals surface area contributed by atoms with Crippen molar-refractivity contribution in [1.82, 2.24) is 5.32 Å². The van der Waals surface area contributed by atoms with E-state index < -0.39 is 16.9 Å². The SMILES string of the molecule is CNC(COc1c(C)cccc1[N+](=O)[O-])C(N)=O. The number of hydrogen-bond acceptors (Lipinski definition) is 5. The Morgan fingerprint density at radius 2 is 2.28 bits per heavy atom. The quantitative estimate of drug-likeness (QED) is 0.562. The fourth-order valence-corrected chi connectivity index (χ4v) is 1.44. The normalized spacial score (nSPS) is 11.9. The number of likely N-dealkylation sites (N-methyl/N-ethyl adjacent to an activating group) is 1. The molecule has 0 heterocycles. The molecule has 1 unspecified atom stereocenters. The molecule has 0 saturated heterocycles. The van der Waals surface area contributed by atoms with E-state index in [0.29, 0.717) is 5.56 Å². The molecule has 0 saturated carbocycles. The molecule has 1 aromatic carbocycles. The number of nitro groups is 1. The van der Waals surface area contributed by atoms with Gasteiger partial charge in [-0.3, -0.25) is 14.9 Å². The zero-order chi connectivity index (χ0) is 13.7. The summed E-state index contributed by atoms with van der Waals surface area (Å²) in [6.45, 7) is 1.64. The highest BCUT2D eigenvalue weighted by atomic mass is 16.6. The van der Waals surface area contributed by atoms with Crippen LogP contribution in [0.2, 0.25) is 0 Å². The van der Waals surface area contributed by atoms with Crippen LogP contribution in [0.25, 0.3) is 0 Å². The number of nitrogens with two attached hydrogens (primary N) is 1. The van der Waals surface area contributed by atoms with Crippen LogP contribution in [0.4, 0.5) is 5.69 Å². The van der Waals surface area contributed by atoms with Crippen molar-refractivity contribution in [3.63, 3.8) is 0 Å². The van der Waals surface area contributed by atoms with E-state index in [-0.39, 0.29) is 18.0 Å². The van der Waals surface area contributed by atoms with Crippen molar-refractivity contribution in [1.29, 1.82) is 0 Å². The van der Waals surface area contributed by atoms with Gasteiger partial charge in [-0.05, 0) is 19.5 Å². The van der Waals surface area contributed by atoms with Crippen molar-refractivity contribution >= 4 is 11.6 Å². The van der Waals surface area contributed by atoms with Crippen LogP contribution < -0.4 is 15.8 Å². The molecule has 0 spiro atoms. The van der Waals surface area contributed by atoms with Crippen LogP contribution in [0.5, 0.6) is 5.75 Å². The lowest BCUT2D eigenvalue weighted by Crippen LogP contribution is -2.43. The summed E-state index contributed by atoms with van der Waals surface area (Å²) in [5.74, 6) is -0.419. The first-order valence-electron chi connectivity index (χ1n) is 5.30. The van der Waals surface area contributed by atoms with Gasteiger partial charge in [0.25, 0.3) is 0 Å². The zero-order valence-corrected chi connectivity index (χ0v) is 10.2. The summed E-state index contributed by atoms with van der Waals surface area (Å²) in [5, 5.41) is 13.5. The summed E-state index contributed by atoms with van der Waals surface area (Å²) in [7, 11) is 1.56. The second kappa shape index (κ2) is 5.97. The van der Waals surface area contributed by atoms with Gasteiger partial charge in [-0.1, -0.05) is 12.1 Å². The summed E-state index contributed by atoms with van der Waals surface area (Å²) in [4.78, 5) is 21.3. The number of nitrogens with zero attached hydrogens (tertiary/aromatic N) is 1. The van der Waals surface area contributed by atoms with Gasteiger partial charge in [-0.15, -0.1) is 0 Å². The predicted molar refractivity (Wildman–Crippen MR) is 65.4 cm³/mol. The third-order valence-electron chi connectivity index (χ3n) is 2.47. The molecule has 0 aromatic heterocycles. The Balaban J connectivity index is 2.90. The third-order valence-corrected chi connectivity index (χ3v) is 2.47.